The fourth-order valence-electron chi connectivity index (χ4n) is 0.911. The van der Waals surface area contributed by atoms with Crippen molar-refractivity contribution in [2.75, 3.05) is 0 Å². The van der Waals surface area contributed by atoms with Gasteiger partial charge in [0.1, 0.15) is 0 Å². The Bertz CT molecular complexity index is 238. The summed E-state index contributed by atoms with van der Waals surface area (Å²) in [5.74, 6) is 0. The van der Waals surface area contributed by atoms with Crippen LogP contribution in [0.5, 0.6) is 0 Å². The molecule has 1 nitrogen and oxygen atoms in total. The standard InChI is InChI=1S/C9H12OSi/c1-3-8-4-6-9(7-5-8)11(2)10/h3-7,10-11H,1H2,2H3. The molecule has 11 heavy (non-hydrogen) atoms. The predicted octanol–water partition coefficient (Wildman–Crippen LogP) is 0.882. The lowest BCUT2D eigenvalue weighted by Gasteiger charge is -2.01. The second kappa shape index (κ2) is 3.51. The topological polar surface area (TPSA) is 20.2 Å². The van der Waals surface area contributed by atoms with Gasteiger partial charge in [-0.05, 0) is 17.3 Å². The minimum atomic E-state index is -1.59. The molecular weight excluding hydrogens is 152 g/mol. The average Bonchev–Trinajstić information content (AvgIpc) is 2.05. The Morgan fingerprint density at radius 3 is 2.27 bits per heavy atom. The molecule has 2 heteroatoms. The monoisotopic (exact) mass is 164 g/mol. The highest BCUT2D eigenvalue weighted by molar-refractivity contribution is 6.64. The molecule has 0 radical (unpaired) electrons. The molecule has 1 atom stereocenters. The van der Waals surface area contributed by atoms with Crippen LogP contribution in [0.4, 0.5) is 0 Å². The molecule has 1 aromatic rings. The zero-order valence-corrected chi connectivity index (χ0v) is 7.77. The van der Waals surface area contributed by atoms with E-state index >= 15 is 0 Å². The van der Waals surface area contributed by atoms with Gasteiger partial charge in [-0.1, -0.05) is 36.9 Å². The molecule has 1 unspecified atom stereocenters. The Morgan fingerprint density at radius 1 is 1.36 bits per heavy atom. The van der Waals surface area contributed by atoms with Crippen molar-refractivity contribution in [1.29, 1.82) is 0 Å². The predicted molar refractivity (Wildman–Crippen MR) is 51.4 cm³/mol. The molecule has 0 saturated heterocycles. The fraction of sp³-hybridized carbons (Fsp3) is 0.111. The first-order chi connectivity index (χ1) is 5.24. The van der Waals surface area contributed by atoms with Gasteiger partial charge in [-0.25, -0.2) is 0 Å². The van der Waals surface area contributed by atoms with Crippen LogP contribution in [-0.2, 0) is 0 Å². The van der Waals surface area contributed by atoms with Crippen molar-refractivity contribution in [1.82, 2.24) is 0 Å². The minimum Gasteiger partial charge on any atom is -0.431 e. The van der Waals surface area contributed by atoms with Gasteiger partial charge in [-0.15, -0.1) is 0 Å². The molecule has 0 aliphatic carbocycles. The van der Waals surface area contributed by atoms with Crippen LogP contribution in [0.15, 0.2) is 30.8 Å². The molecule has 58 valence electrons. The molecule has 1 rings (SSSR count). The van der Waals surface area contributed by atoms with E-state index < -0.39 is 9.04 Å². The van der Waals surface area contributed by atoms with E-state index in [-0.39, 0.29) is 0 Å². The lowest BCUT2D eigenvalue weighted by Crippen LogP contribution is -2.25. The molecule has 0 bridgehead atoms. The summed E-state index contributed by atoms with van der Waals surface area (Å²) in [6, 6.07) is 7.88. The molecule has 0 aliphatic heterocycles. The van der Waals surface area contributed by atoms with Gasteiger partial charge in [-0.3, -0.25) is 0 Å². The molecule has 1 aromatic carbocycles. The quantitative estimate of drug-likeness (QED) is 0.643. The second-order valence-electron chi connectivity index (χ2n) is 2.55. The van der Waals surface area contributed by atoms with E-state index in [0.717, 1.165) is 10.8 Å². The average molecular weight is 164 g/mol. The van der Waals surface area contributed by atoms with Crippen molar-refractivity contribution in [3.05, 3.63) is 36.4 Å². The second-order valence-corrected chi connectivity index (χ2v) is 4.57. The van der Waals surface area contributed by atoms with E-state index in [2.05, 4.69) is 6.58 Å². The summed E-state index contributed by atoms with van der Waals surface area (Å²) >= 11 is 0. The largest absolute Gasteiger partial charge is 0.431 e. The van der Waals surface area contributed by atoms with E-state index in [9.17, 15) is 4.80 Å². The van der Waals surface area contributed by atoms with E-state index in [4.69, 9.17) is 0 Å². The SMILES string of the molecule is C=Cc1ccc([SiH](C)O)cc1. The number of rotatable bonds is 2. The highest BCUT2D eigenvalue weighted by Gasteiger charge is 2.00. The van der Waals surface area contributed by atoms with Gasteiger partial charge in [0.05, 0.1) is 0 Å². The van der Waals surface area contributed by atoms with E-state index in [1.807, 2.05) is 30.8 Å². The van der Waals surface area contributed by atoms with Crippen LogP contribution >= 0.6 is 0 Å². The molecule has 0 aromatic heterocycles. The first kappa shape index (κ1) is 8.24. The van der Waals surface area contributed by atoms with Gasteiger partial charge in [0, 0.05) is 0 Å². The highest BCUT2D eigenvalue weighted by atomic mass is 28.3. The van der Waals surface area contributed by atoms with E-state index in [0.29, 0.717) is 0 Å². The van der Waals surface area contributed by atoms with Gasteiger partial charge in [0.15, 0.2) is 0 Å². The van der Waals surface area contributed by atoms with Gasteiger partial charge < -0.3 is 4.80 Å². The Labute approximate surface area is 68.7 Å². The summed E-state index contributed by atoms with van der Waals surface area (Å²) in [6.45, 7) is 5.55. The molecule has 1 N–H and O–H groups in total. The summed E-state index contributed by atoms with van der Waals surface area (Å²) in [6.07, 6.45) is 1.80. The fourth-order valence-corrected chi connectivity index (χ4v) is 1.66. The smallest absolute Gasteiger partial charge is 0.201 e. The van der Waals surface area contributed by atoms with Crippen molar-refractivity contribution in [2.24, 2.45) is 0 Å². The van der Waals surface area contributed by atoms with Gasteiger partial charge in [-0.2, -0.15) is 0 Å². The van der Waals surface area contributed by atoms with Gasteiger partial charge >= 0.3 is 0 Å². The maximum Gasteiger partial charge on any atom is 0.201 e. The van der Waals surface area contributed by atoms with Gasteiger partial charge in [0.25, 0.3) is 0 Å². The van der Waals surface area contributed by atoms with Crippen molar-refractivity contribution in [3.8, 4) is 0 Å². The van der Waals surface area contributed by atoms with Crippen molar-refractivity contribution in [2.45, 2.75) is 6.55 Å². The van der Waals surface area contributed by atoms with Crippen LogP contribution in [0, 0.1) is 0 Å². The van der Waals surface area contributed by atoms with E-state index in [1.54, 1.807) is 6.08 Å². The first-order valence-corrected chi connectivity index (χ1v) is 5.89. The van der Waals surface area contributed by atoms with Crippen LogP contribution in [0.25, 0.3) is 6.08 Å². The number of benzene rings is 1. The maximum absolute atomic E-state index is 9.30. The Hall–Kier alpha value is -0.863. The molecule has 0 saturated carbocycles. The molecular formula is C9H12OSi. The summed E-state index contributed by atoms with van der Waals surface area (Å²) in [5, 5.41) is 1.08. The third-order valence-electron chi connectivity index (χ3n) is 1.65. The third kappa shape index (κ3) is 2.03. The molecule has 0 amide bonds. The van der Waals surface area contributed by atoms with Crippen LogP contribution < -0.4 is 5.19 Å². The maximum atomic E-state index is 9.30. The molecule has 0 fully saturated rings. The number of hydrogen-bond donors (Lipinski definition) is 1. The zero-order valence-electron chi connectivity index (χ0n) is 6.62. The van der Waals surface area contributed by atoms with Crippen molar-refractivity contribution >= 4 is 20.3 Å². The first-order valence-electron chi connectivity index (χ1n) is 3.64. The summed E-state index contributed by atoms with van der Waals surface area (Å²) < 4.78 is 0. The molecule has 0 heterocycles. The third-order valence-corrected chi connectivity index (χ3v) is 3.00. The van der Waals surface area contributed by atoms with Crippen LogP contribution in [0.1, 0.15) is 5.56 Å². The Balaban J connectivity index is 2.91. The lowest BCUT2D eigenvalue weighted by molar-refractivity contribution is 0.594. The van der Waals surface area contributed by atoms with Gasteiger partial charge in [0.2, 0.25) is 9.04 Å². The summed E-state index contributed by atoms with van der Waals surface area (Å²) in [7, 11) is -1.59. The summed E-state index contributed by atoms with van der Waals surface area (Å²) in [5.41, 5.74) is 1.10. The summed E-state index contributed by atoms with van der Waals surface area (Å²) in [4.78, 5) is 9.30. The van der Waals surface area contributed by atoms with Crippen LogP contribution in [-0.4, -0.2) is 13.8 Å². The molecule has 0 aliphatic rings. The van der Waals surface area contributed by atoms with Crippen molar-refractivity contribution < 1.29 is 4.80 Å². The highest BCUT2D eigenvalue weighted by Crippen LogP contribution is 1.97. The normalized spacial score (nSPS) is 12.5. The Kier molecular flexibility index (Phi) is 2.62. The Morgan fingerprint density at radius 2 is 1.91 bits per heavy atom. The van der Waals surface area contributed by atoms with Crippen molar-refractivity contribution in [3.63, 3.8) is 0 Å². The van der Waals surface area contributed by atoms with E-state index in [1.165, 1.54) is 0 Å². The molecule has 0 spiro atoms. The minimum absolute atomic E-state index is 1.08. The van der Waals surface area contributed by atoms with Crippen LogP contribution in [0.3, 0.4) is 0 Å². The number of hydrogen-bond acceptors (Lipinski definition) is 1. The lowest BCUT2D eigenvalue weighted by atomic mass is 10.2. The van der Waals surface area contributed by atoms with Crippen LogP contribution in [0.2, 0.25) is 6.55 Å². The zero-order chi connectivity index (χ0) is 8.27.